The number of nitro groups is 1. The van der Waals surface area contributed by atoms with Crippen molar-refractivity contribution in [3.63, 3.8) is 0 Å². The SMILES string of the molecule is COc1cc(OC)cc(C(=O)NCC(=O)O[C@@H](C)C(=O)Nc2cc([N+](=O)[O-])ccc2OC)c1. The highest BCUT2D eigenvalue weighted by atomic mass is 16.6. The number of esters is 1. The number of methoxy groups -OCH3 is 3. The van der Waals surface area contributed by atoms with Crippen LogP contribution in [0.25, 0.3) is 0 Å². The van der Waals surface area contributed by atoms with E-state index in [1.165, 1.54) is 52.5 Å². The van der Waals surface area contributed by atoms with Gasteiger partial charge >= 0.3 is 5.97 Å². The molecule has 0 aliphatic rings. The summed E-state index contributed by atoms with van der Waals surface area (Å²) < 4.78 is 20.3. The van der Waals surface area contributed by atoms with Gasteiger partial charge in [0, 0.05) is 23.8 Å². The smallest absolute Gasteiger partial charge is 0.326 e. The Morgan fingerprint density at radius 1 is 1.00 bits per heavy atom. The molecule has 0 aliphatic carbocycles. The number of benzene rings is 2. The lowest BCUT2D eigenvalue weighted by molar-refractivity contribution is -0.384. The molecule has 0 aromatic heterocycles. The molecule has 0 fully saturated rings. The zero-order valence-electron chi connectivity index (χ0n) is 18.4. The van der Waals surface area contributed by atoms with Crippen LogP contribution in [0.2, 0.25) is 0 Å². The molecule has 2 amide bonds. The van der Waals surface area contributed by atoms with Gasteiger partial charge in [-0.2, -0.15) is 0 Å². The summed E-state index contributed by atoms with van der Waals surface area (Å²) in [5.41, 5.74) is -0.0185. The molecule has 0 heterocycles. The molecule has 0 unspecified atom stereocenters. The monoisotopic (exact) mass is 461 g/mol. The molecular weight excluding hydrogens is 438 g/mol. The van der Waals surface area contributed by atoms with E-state index in [9.17, 15) is 24.5 Å². The third kappa shape index (κ3) is 6.82. The number of carbonyl (C=O) groups excluding carboxylic acids is 3. The first-order chi connectivity index (χ1) is 15.7. The van der Waals surface area contributed by atoms with Gasteiger partial charge in [0.05, 0.1) is 31.9 Å². The third-order valence-corrected chi connectivity index (χ3v) is 4.34. The van der Waals surface area contributed by atoms with Gasteiger partial charge in [-0.3, -0.25) is 24.5 Å². The van der Waals surface area contributed by atoms with Crippen LogP contribution in [-0.2, 0) is 14.3 Å². The predicted octanol–water partition coefficient (Wildman–Crippen LogP) is 1.92. The number of anilines is 1. The zero-order valence-corrected chi connectivity index (χ0v) is 18.4. The molecule has 33 heavy (non-hydrogen) atoms. The fourth-order valence-corrected chi connectivity index (χ4v) is 2.63. The van der Waals surface area contributed by atoms with E-state index in [1.54, 1.807) is 6.07 Å². The lowest BCUT2D eigenvalue weighted by Crippen LogP contribution is -2.35. The summed E-state index contributed by atoms with van der Waals surface area (Å²) in [4.78, 5) is 47.1. The molecule has 176 valence electrons. The number of rotatable bonds is 10. The number of hydrogen-bond donors (Lipinski definition) is 2. The van der Waals surface area contributed by atoms with Gasteiger partial charge in [0.15, 0.2) is 6.10 Å². The molecule has 12 heteroatoms. The second-order valence-corrected chi connectivity index (χ2v) is 6.55. The van der Waals surface area contributed by atoms with Gasteiger partial charge in [0.1, 0.15) is 23.8 Å². The van der Waals surface area contributed by atoms with Crippen LogP contribution in [-0.4, -0.2) is 56.7 Å². The number of nitro benzene ring substituents is 1. The largest absolute Gasteiger partial charge is 0.497 e. The number of amides is 2. The number of nitrogens with zero attached hydrogens (tertiary/aromatic N) is 1. The Morgan fingerprint density at radius 2 is 1.64 bits per heavy atom. The first-order valence-electron chi connectivity index (χ1n) is 9.52. The number of nitrogens with one attached hydrogen (secondary N) is 2. The first kappa shape index (κ1) is 24.9. The van der Waals surface area contributed by atoms with Crippen molar-refractivity contribution in [2.75, 3.05) is 33.2 Å². The maximum absolute atomic E-state index is 12.4. The van der Waals surface area contributed by atoms with E-state index < -0.39 is 35.4 Å². The molecule has 0 saturated heterocycles. The fraction of sp³-hybridized carbons (Fsp3) is 0.286. The Balaban J connectivity index is 1.95. The maximum atomic E-state index is 12.4. The van der Waals surface area contributed by atoms with Gasteiger partial charge in [0.25, 0.3) is 17.5 Å². The average Bonchev–Trinajstić information content (AvgIpc) is 2.81. The van der Waals surface area contributed by atoms with Gasteiger partial charge in [0.2, 0.25) is 0 Å². The number of non-ortho nitro benzene ring substituents is 1. The van der Waals surface area contributed by atoms with Crippen molar-refractivity contribution in [1.82, 2.24) is 5.32 Å². The number of ether oxygens (including phenoxy) is 4. The molecule has 0 aliphatic heterocycles. The van der Waals surface area contributed by atoms with Crippen molar-refractivity contribution < 1.29 is 38.3 Å². The van der Waals surface area contributed by atoms with Gasteiger partial charge in [-0.15, -0.1) is 0 Å². The van der Waals surface area contributed by atoms with Crippen LogP contribution in [0.15, 0.2) is 36.4 Å². The summed E-state index contributed by atoms with van der Waals surface area (Å²) >= 11 is 0. The Bertz CT molecular complexity index is 1030. The van der Waals surface area contributed by atoms with Crippen molar-refractivity contribution in [2.24, 2.45) is 0 Å². The molecule has 0 radical (unpaired) electrons. The fourth-order valence-electron chi connectivity index (χ4n) is 2.63. The average molecular weight is 461 g/mol. The molecule has 0 spiro atoms. The number of hydrogen-bond acceptors (Lipinski definition) is 9. The van der Waals surface area contributed by atoms with Crippen molar-refractivity contribution in [3.05, 3.63) is 52.1 Å². The van der Waals surface area contributed by atoms with Crippen LogP contribution in [0.3, 0.4) is 0 Å². The first-order valence-corrected chi connectivity index (χ1v) is 9.52. The van der Waals surface area contributed by atoms with E-state index in [0.717, 1.165) is 6.07 Å². The lowest BCUT2D eigenvalue weighted by Gasteiger charge is -2.15. The van der Waals surface area contributed by atoms with Crippen LogP contribution < -0.4 is 24.8 Å². The highest BCUT2D eigenvalue weighted by molar-refractivity contribution is 5.98. The van der Waals surface area contributed by atoms with Crippen molar-refractivity contribution in [2.45, 2.75) is 13.0 Å². The minimum Gasteiger partial charge on any atom is -0.497 e. The Morgan fingerprint density at radius 3 is 2.18 bits per heavy atom. The minimum absolute atomic E-state index is 0.0415. The van der Waals surface area contributed by atoms with Gasteiger partial charge < -0.3 is 29.6 Å². The van der Waals surface area contributed by atoms with E-state index in [2.05, 4.69) is 10.6 Å². The van der Waals surface area contributed by atoms with E-state index in [-0.39, 0.29) is 22.7 Å². The Labute approximate surface area is 188 Å². The molecule has 1 atom stereocenters. The minimum atomic E-state index is -1.25. The van der Waals surface area contributed by atoms with E-state index in [0.29, 0.717) is 11.5 Å². The molecular formula is C21H23N3O9. The molecule has 2 N–H and O–H groups in total. The van der Waals surface area contributed by atoms with E-state index >= 15 is 0 Å². The van der Waals surface area contributed by atoms with Crippen LogP contribution >= 0.6 is 0 Å². The summed E-state index contributed by atoms with van der Waals surface area (Å²) in [6.07, 6.45) is -1.25. The summed E-state index contributed by atoms with van der Waals surface area (Å²) in [5.74, 6) is -1.22. The molecule has 0 saturated carbocycles. The van der Waals surface area contributed by atoms with Crippen LogP contribution in [0.1, 0.15) is 17.3 Å². The van der Waals surface area contributed by atoms with Crippen molar-refractivity contribution >= 4 is 29.2 Å². The molecule has 0 bridgehead atoms. The predicted molar refractivity (Wildman–Crippen MR) is 116 cm³/mol. The highest BCUT2D eigenvalue weighted by Crippen LogP contribution is 2.29. The zero-order chi connectivity index (χ0) is 24.5. The third-order valence-electron chi connectivity index (χ3n) is 4.34. The molecule has 12 nitrogen and oxygen atoms in total. The molecule has 2 aromatic rings. The summed E-state index contributed by atoms with van der Waals surface area (Å²) in [7, 11) is 4.20. The molecule has 2 aromatic carbocycles. The lowest BCUT2D eigenvalue weighted by atomic mass is 10.2. The topological polar surface area (TPSA) is 155 Å². The van der Waals surface area contributed by atoms with E-state index in [1.807, 2.05) is 0 Å². The molecule has 2 rings (SSSR count). The maximum Gasteiger partial charge on any atom is 0.326 e. The van der Waals surface area contributed by atoms with Crippen molar-refractivity contribution in [3.8, 4) is 17.2 Å². The highest BCUT2D eigenvalue weighted by Gasteiger charge is 2.21. The van der Waals surface area contributed by atoms with Crippen LogP contribution in [0.4, 0.5) is 11.4 Å². The standard InChI is InChI=1S/C21H23N3O9/c1-12(20(26)23-17-9-14(24(28)29)5-6-18(17)32-4)33-19(25)11-22-21(27)13-7-15(30-2)10-16(8-13)31-3/h5-10,12H,11H2,1-4H3,(H,22,27)(H,23,26)/t12-/m0/s1. The van der Waals surface area contributed by atoms with Gasteiger partial charge in [-0.25, -0.2) is 0 Å². The summed E-state index contributed by atoms with van der Waals surface area (Å²) in [5, 5.41) is 15.8. The summed E-state index contributed by atoms with van der Waals surface area (Å²) in [6.45, 7) is 0.807. The quantitative estimate of drug-likeness (QED) is 0.307. The Hall–Kier alpha value is -4.35. The second kappa shape index (κ2) is 11.3. The van der Waals surface area contributed by atoms with Crippen molar-refractivity contribution in [1.29, 1.82) is 0 Å². The van der Waals surface area contributed by atoms with Crippen LogP contribution in [0.5, 0.6) is 17.2 Å². The van der Waals surface area contributed by atoms with E-state index in [4.69, 9.17) is 18.9 Å². The van der Waals surface area contributed by atoms with Crippen LogP contribution in [0, 0.1) is 10.1 Å². The van der Waals surface area contributed by atoms with Gasteiger partial charge in [-0.1, -0.05) is 0 Å². The summed E-state index contributed by atoms with van der Waals surface area (Å²) in [6, 6.07) is 8.18. The normalized spacial score (nSPS) is 11.0. The Kier molecular flexibility index (Phi) is 8.55. The number of carbonyl (C=O) groups is 3. The van der Waals surface area contributed by atoms with Gasteiger partial charge in [-0.05, 0) is 25.1 Å². The second-order valence-electron chi connectivity index (χ2n) is 6.55.